The van der Waals surface area contributed by atoms with Crippen LogP contribution in [0.2, 0.25) is 0 Å². The molecule has 0 radical (unpaired) electrons. The van der Waals surface area contributed by atoms with Crippen LogP contribution in [0.5, 0.6) is 5.88 Å². The lowest BCUT2D eigenvalue weighted by Crippen LogP contribution is -2.35. The Bertz CT molecular complexity index is 838. The molecule has 130 valence electrons. The van der Waals surface area contributed by atoms with E-state index in [1.54, 1.807) is 32.0 Å². The summed E-state index contributed by atoms with van der Waals surface area (Å²) < 4.78 is 9.30. The molecule has 25 heavy (non-hydrogen) atoms. The second-order valence-electron chi connectivity index (χ2n) is 6.19. The number of imidazole rings is 1. The molecule has 1 aliphatic rings. The SMILES string of the molecule is COc1nccnc1NC1CC(c2nnc(Cn3ccnc3)n2C)C1. The minimum Gasteiger partial charge on any atom is -0.478 e. The quantitative estimate of drug-likeness (QED) is 0.720. The van der Waals surface area contributed by atoms with Crippen molar-refractivity contribution in [2.45, 2.75) is 31.3 Å². The zero-order chi connectivity index (χ0) is 17.2. The molecule has 0 amide bonds. The second kappa shape index (κ2) is 6.50. The number of ether oxygens (including phenoxy) is 1. The fourth-order valence-corrected chi connectivity index (χ4v) is 3.13. The van der Waals surface area contributed by atoms with Crippen molar-refractivity contribution in [1.82, 2.24) is 34.3 Å². The molecule has 0 spiro atoms. The van der Waals surface area contributed by atoms with E-state index in [-0.39, 0.29) is 0 Å². The summed E-state index contributed by atoms with van der Waals surface area (Å²) in [6.45, 7) is 0.675. The van der Waals surface area contributed by atoms with E-state index in [4.69, 9.17) is 4.74 Å². The van der Waals surface area contributed by atoms with Crippen LogP contribution in [0, 0.1) is 0 Å². The van der Waals surface area contributed by atoms with Gasteiger partial charge in [0.2, 0.25) is 0 Å². The molecule has 1 fully saturated rings. The Morgan fingerprint density at radius 1 is 1.20 bits per heavy atom. The monoisotopic (exact) mass is 340 g/mol. The van der Waals surface area contributed by atoms with Gasteiger partial charge in [-0.05, 0) is 12.8 Å². The molecule has 0 aromatic carbocycles. The van der Waals surface area contributed by atoms with Crippen LogP contribution in [0.1, 0.15) is 30.4 Å². The molecule has 1 N–H and O–H groups in total. The van der Waals surface area contributed by atoms with Gasteiger partial charge in [-0.25, -0.2) is 15.0 Å². The Balaban J connectivity index is 1.38. The molecule has 3 heterocycles. The molecule has 0 saturated heterocycles. The van der Waals surface area contributed by atoms with Crippen molar-refractivity contribution >= 4 is 5.82 Å². The van der Waals surface area contributed by atoms with Crippen molar-refractivity contribution in [1.29, 1.82) is 0 Å². The van der Waals surface area contributed by atoms with Crippen molar-refractivity contribution in [3.63, 3.8) is 0 Å². The first-order valence-corrected chi connectivity index (χ1v) is 8.20. The minimum absolute atomic E-state index is 0.337. The average molecular weight is 340 g/mol. The van der Waals surface area contributed by atoms with E-state index in [1.165, 1.54) is 0 Å². The van der Waals surface area contributed by atoms with Crippen molar-refractivity contribution in [3.05, 3.63) is 42.8 Å². The van der Waals surface area contributed by atoms with Crippen LogP contribution >= 0.6 is 0 Å². The molecule has 9 heteroatoms. The van der Waals surface area contributed by atoms with E-state index in [9.17, 15) is 0 Å². The number of anilines is 1. The van der Waals surface area contributed by atoms with E-state index in [1.807, 2.05) is 17.8 Å². The fourth-order valence-electron chi connectivity index (χ4n) is 3.13. The lowest BCUT2D eigenvalue weighted by atomic mass is 9.79. The first-order valence-electron chi connectivity index (χ1n) is 8.20. The summed E-state index contributed by atoms with van der Waals surface area (Å²) >= 11 is 0. The molecule has 0 aliphatic heterocycles. The van der Waals surface area contributed by atoms with Gasteiger partial charge in [0.1, 0.15) is 5.82 Å². The van der Waals surface area contributed by atoms with Crippen LogP contribution in [0.15, 0.2) is 31.1 Å². The lowest BCUT2D eigenvalue weighted by molar-refractivity contribution is 0.347. The Kier molecular flexibility index (Phi) is 4.04. The number of hydrogen-bond acceptors (Lipinski definition) is 7. The molecule has 3 aromatic rings. The molecular weight excluding hydrogens is 320 g/mol. The summed E-state index contributed by atoms with van der Waals surface area (Å²) in [5.41, 5.74) is 0. The summed E-state index contributed by atoms with van der Waals surface area (Å²) in [4.78, 5) is 12.5. The number of hydrogen-bond donors (Lipinski definition) is 1. The van der Waals surface area contributed by atoms with Gasteiger partial charge in [0, 0.05) is 43.8 Å². The maximum absolute atomic E-state index is 5.23. The zero-order valence-corrected chi connectivity index (χ0v) is 14.2. The maximum atomic E-state index is 5.23. The van der Waals surface area contributed by atoms with E-state index in [0.717, 1.165) is 24.5 Å². The largest absolute Gasteiger partial charge is 0.478 e. The van der Waals surface area contributed by atoms with E-state index in [2.05, 4.69) is 35.0 Å². The summed E-state index contributed by atoms with van der Waals surface area (Å²) in [7, 11) is 3.62. The molecule has 9 nitrogen and oxygen atoms in total. The van der Waals surface area contributed by atoms with E-state index < -0.39 is 0 Å². The van der Waals surface area contributed by atoms with Gasteiger partial charge in [0.15, 0.2) is 11.6 Å². The standard InChI is InChI=1S/C16H20N8O/c1-23-13(9-24-6-5-17-10-24)21-22-15(23)11-7-12(8-11)20-14-16(25-2)19-4-3-18-14/h3-6,10-12H,7-9H2,1-2H3,(H,18,20). The highest BCUT2D eigenvalue weighted by Gasteiger charge is 2.34. The summed E-state index contributed by atoms with van der Waals surface area (Å²) in [5, 5.41) is 12.1. The molecular formula is C16H20N8O. The smallest absolute Gasteiger partial charge is 0.257 e. The summed E-state index contributed by atoms with van der Waals surface area (Å²) in [6.07, 6.45) is 10.7. The van der Waals surface area contributed by atoms with E-state index >= 15 is 0 Å². The van der Waals surface area contributed by atoms with Crippen LogP contribution < -0.4 is 10.1 Å². The molecule has 0 bridgehead atoms. The van der Waals surface area contributed by atoms with Gasteiger partial charge in [-0.1, -0.05) is 0 Å². The lowest BCUT2D eigenvalue weighted by Gasteiger charge is -2.35. The summed E-state index contributed by atoms with van der Waals surface area (Å²) in [6, 6.07) is 0.337. The first-order chi connectivity index (χ1) is 12.2. The van der Waals surface area contributed by atoms with Crippen LogP contribution in [0.3, 0.4) is 0 Å². The molecule has 0 atom stereocenters. The molecule has 1 saturated carbocycles. The highest BCUT2D eigenvalue weighted by Crippen LogP contribution is 2.38. The predicted molar refractivity (Wildman–Crippen MR) is 90.3 cm³/mol. The van der Waals surface area contributed by atoms with Gasteiger partial charge in [0.05, 0.1) is 20.0 Å². The van der Waals surface area contributed by atoms with Crippen molar-refractivity contribution in [2.75, 3.05) is 12.4 Å². The van der Waals surface area contributed by atoms with Gasteiger partial charge < -0.3 is 19.2 Å². The van der Waals surface area contributed by atoms with Gasteiger partial charge >= 0.3 is 0 Å². The Labute approximate surface area is 145 Å². The number of aromatic nitrogens is 7. The molecule has 3 aromatic heterocycles. The Morgan fingerprint density at radius 3 is 2.80 bits per heavy atom. The Morgan fingerprint density at radius 2 is 2.04 bits per heavy atom. The average Bonchev–Trinajstić information content (AvgIpc) is 3.23. The molecule has 0 unspecified atom stereocenters. The van der Waals surface area contributed by atoms with Crippen LogP contribution in [-0.4, -0.2) is 47.4 Å². The topological polar surface area (TPSA) is 95.6 Å². The van der Waals surface area contributed by atoms with Gasteiger partial charge in [-0.2, -0.15) is 0 Å². The predicted octanol–water partition coefficient (Wildman–Crippen LogP) is 1.22. The number of nitrogens with zero attached hydrogens (tertiary/aromatic N) is 7. The minimum atomic E-state index is 0.337. The van der Waals surface area contributed by atoms with Crippen LogP contribution in [0.25, 0.3) is 0 Å². The molecule has 1 aliphatic carbocycles. The van der Waals surface area contributed by atoms with Gasteiger partial charge in [-0.15, -0.1) is 10.2 Å². The first kappa shape index (κ1) is 15.6. The molecule has 4 rings (SSSR count). The van der Waals surface area contributed by atoms with Crippen LogP contribution in [-0.2, 0) is 13.6 Å². The van der Waals surface area contributed by atoms with Gasteiger partial charge in [0.25, 0.3) is 5.88 Å². The summed E-state index contributed by atoms with van der Waals surface area (Å²) in [5.74, 6) is 3.56. The van der Waals surface area contributed by atoms with Crippen LogP contribution in [0.4, 0.5) is 5.82 Å². The fraction of sp³-hybridized carbons (Fsp3) is 0.438. The third kappa shape index (κ3) is 3.04. The number of nitrogens with one attached hydrogen (secondary N) is 1. The van der Waals surface area contributed by atoms with Crippen molar-refractivity contribution in [2.24, 2.45) is 7.05 Å². The second-order valence-corrected chi connectivity index (χ2v) is 6.19. The zero-order valence-electron chi connectivity index (χ0n) is 14.2. The van der Waals surface area contributed by atoms with E-state index in [0.29, 0.717) is 30.2 Å². The normalized spacial score (nSPS) is 19.4. The number of methoxy groups -OCH3 is 1. The highest BCUT2D eigenvalue weighted by molar-refractivity contribution is 5.46. The third-order valence-electron chi connectivity index (χ3n) is 4.58. The van der Waals surface area contributed by atoms with Crippen molar-refractivity contribution in [3.8, 4) is 5.88 Å². The highest BCUT2D eigenvalue weighted by atomic mass is 16.5. The number of rotatable bonds is 6. The van der Waals surface area contributed by atoms with Crippen molar-refractivity contribution < 1.29 is 4.74 Å². The maximum Gasteiger partial charge on any atom is 0.257 e. The van der Waals surface area contributed by atoms with Gasteiger partial charge in [-0.3, -0.25) is 0 Å². The third-order valence-corrected chi connectivity index (χ3v) is 4.58. The Hall–Kier alpha value is -2.97.